The molecule has 0 radical (unpaired) electrons. The predicted octanol–water partition coefficient (Wildman–Crippen LogP) is 0.759. The third-order valence-corrected chi connectivity index (χ3v) is 5.18. The van der Waals surface area contributed by atoms with Crippen LogP contribution in [-0.2, 0) is 19.2 Å². The number of amides is 3. The van der Waals surface area contributed by atoms with E-state index in [0.29, 0.717) is 25.1 Å². The molecule has 0 bridgehead atoms. The zero-order chi connectivity index (χ0) is 20.4. The number of hydrogen-bond acceptors (Lipinski definition) is 4. The Morgan fingerprint density at radius 2 is 1.93 bits per heavy atom. The molecule has 2 aliphatic rings. The summed E-state index contributed by atoms with van der Waals surface area (Å²) in [6.07, 6.45) is 0.990. The van der Waals surface area contributed by atoms with Crippen molar-refractivity contribution in [3.63, 3.8) is 0 Å². The maximum absolute atomic E-state index is 13.1. The van der Waals surface area contributed by atoms with Crippen LogP contribution in [0, 0.1) is 11.7 Å². The van der Waals surface area contributed by atoms with Crippen molar-refractivity contribution < 1.29 is 28.7 Å². The summed E-state index contributed by atoms with van der Waals surface area (Å²) in [4.78, 5) is 51.2. The SMILES string of the molecule is CC(NC(=O)C1CC(=O)N(c2ccc(F)cc2)C1)C(=O)N1CCCC1C(=O)O. The fourth-order valence-corrected chi connectivity index (χ4v) is 3.68. The van der Waals surface area contributed by atoms with Crippen LogP contribution in [0.2, 0.25) is 0 Å². The lowest BCUT2D eigenvalue weighted by Gasteiger charge is -2.26. The summed E-state index contributed by atoms with van der Waals surface area (Å²) in [6.45, 7) is 1.99. The summed E-state index contributed by atoms with van der Waals surface area (Å²) in [5.74, 6) is -3.25. The van der Waals surface area contributed by atoms with Gasteiger partial charge in [-0.15, -0.1) is 0 Å². The maximum atomic E-state index is 13.1. The maximum Gasteiger partial charge on any atom is 0.326 e. The van der Waals surface area contributed by atoms with Gasteiger partial charge in [-0.2, -0.15) is 0 Å². The third-order valence-electron chi connectivity index (χ3n) is 5.18. The van der Waals surface area contributed by atoms with E-state index in [9.17, 15) is 28.7 Å². The quantitative estimate of drug-likeness (QED) is 0.771. The van der Waals surface area contributed by atoms with Gasteiger partial charge in [-0.25, -0.2) is 9.18 Å². The van der Waals surface area contributed by atoms with Crippen LogP contribution in [0.5, 0.6) is 0 Å². The highest BCUT2D eigenvalue weighted by Gasteiger charge is 2.39. The molecule has 1 aromatic carbocycles. The van der Waals surface area contributed by atoms with Gasteiger partial charge < -0.3 is 20.2 Å². The van der Waals surface area contributed by atoms with Crippen molar-refractivity contribution in [2.75, 3.05) is 18.0 Å². The van der Waals surface area contributed by atoms with Crippen LogP contribution in [0.25, 0.3) is 0 Å². The topological polar surface area (TPSA) is 107 Å². The summed E-state index contributed by atoms with van der Waals surface area (Å²) in [5, 5.41) is 11.8. The van der Waals surface area contributed by atoms with E-state index in [-0.39, 0.29) is 18.9 Å². The van der Waals surface area contributed by atoms with Crippen LogP contribution in [0.3, 0.4) is 0 Å². The second kappa shape index (κ2) is 7.95. The number of nitrogens with zero attached hydrogens (tertiary/aromatic N) is 2. The van der Waals surface area contributed by atoms with Crippen molar-refractivity contribution in [2.45, 2.75) is 38.3 Å². The molecule has 0 aliphatic carbocycles. The second-order valence-electron chi connectivity index (χ2n) is 7.14. The molecule has 8 nitrogen and oxygen atoms in total. The predicted molar refractivity (Wildman–Crippen MR) is 96.8 cm³/mol. The number of carbonyl (C=O) groups excluding carboxylic acids is 3. The minimum atomic E-state index is -1.05. The molecule has 2 heterocycles. The number of carboxylic acid groups (broad SMARTS) is 1. The number of anilines is 1. The lowest BCUT2D eigenvalue weighted by atomic mass is 10.1. The van der Waals surface area contributed by atoms with Gasteiger partial charge in [-0.1, -0.05) is 0 Å². The number of halogens is 1. The second-order valence-corrected chi connectivity index (χ2v) is 7.14. The third kappa shape index (κ3) is 3.97. The molecule has 2 aliphatic heterocycles. The van der Waals surface area contributed by atoms with Gasteiger partial charge in [0.2, 0.25) is 17.7 Å². The van der Waals surface area contributed by atoms with E-state index >= 15 is 0 Å². The fraction of sp³-hybridized carbons (Fsp3) is 0.474. The van der Waals surface area contributed by atoms with Gasteiger partial charge in [0.1, 0.15) is 17.9 Å². The van der Waals surface area contributed by atoms with Crippen molar-refractivity contribution in [3.8, 4) is 0 Å². The number of aliphatic carboxylic acids is 1. The molecule has 28 heavy (non-hydrogen) atoms. The van der Waals surface area contributed by atoms with Crippen LogP contribution in [0.1, 0.15) is 26.2 Å². The summed E-state index contributed by atoms with van der Waals surface area (Å²) >= 11 is 0. The van der Waals surface area contributed by atoms with Crippen molar-refractivity contribution in [2.24, 2.45) is 5.92 Å². The molecule has 3 unspecified atom stereocenters. The highest BCUT2D eigenvalue weighted by Crippen LogP contribution is 2.25. The summed E-state index contributed by atoms with van der Waals surface area (Å²) < 4.78 is 13.1. The summed E-state index contributed by atoms with van der Waals surface area (Å²) in [7, 11) is 0. The van der Waals surface area contributed by atoms with E-state index < -0.39 is 41.6 Å². The lowest BCUT2D eigenvalue weighted by molar-refractivity contribution is -0.149. The van der Waals surface area contributed by atoms with E-state index in [0.717, 1.165) is 0 Å². The Bertz CT molecular complexity index is 797. The standard InChI is InChI=1S/C19H22FN3O5/c1-11(18(26)22-8-2-3-15(22)19(27)28)21-17(25)12-9-16(24)23(10-12)14-6-4-13(20)5-7-14/h4-7,11-12,15H,2-3,8-10H2,1H3,(H,21,25)(H,27,28). The van der Waals surface area contributed by atoms with Crippen molar-refractivity contribution >= 4 is 29.4 Å². The lowest BCUT2D eigenvalue weighted by Crippen LogP contribution is -2.51. The number of hydrogen-bond donors (Lipinski definition) is 2. The zero-order valence-electron chi connectivity index (χ0n) is 15.4. The smallest absolute Gasteiger partial charge is 0.326 e. The molecule has 2 saturated heterocycles. The average molecular weight is 391 g/mol. The number of likely N-dealkylation sites (tertiary alicyclic amines) is 1. The van der Waals surface area contributed by atoms with Crippen LogP contribution in [0.4, 0.5) is 10.1 Å². The minimum absolute atomic E-state index is 0.00835. The molecule has 0 spiro atoms. The Kier molecular flexibility index (Phi) is 5.62. The molecular formula is C19H22FN3O5. The van der Waals surface area contributed by atoms with Crippen LogP contribution < -0.4 is 10.2 Å². The molecule has 3 amide bonds. The molecule has 2 fully saturated rings. The van der Waals surface area contributed by atoms with Gasteiger partial charge in [-0.05, 0) is 44.0 Å². The van der Waals surface area contributed by atoms with E-state index in [1.165, 1.54) is 41.0 Å². The first kappa shape index (κ1) is 19.8. The number of nitrogens with one attached hydrogen (secondary N) is 1. The molecule has 9 heteroatoms. The highest BCUT2D eigenvalue weighted by atomic mass is 19.1. The molecule has 0 aromatic heterocycles. The molecule has 150 valence electrons. The Morgan fingerprint density at radius 1 is 1.25 bits per heavy atom. The normalized spacial score (nSPS) is 23.0. The Balaban J connectivity index is 1.60. The van der Waals surface area contributed by atoms with Crippen molar-refractivity contribution in [1.29, 1.82) is 0 Å². The molecule has 3 rings (SSSR count). The highest BCUT2D eigenvalue weighted by molar-refractivity contribution is 6.01. The van der Waals surface area contributed by atoms with Crippen LogP contribution >= 0.6 is 0 Å². The average Bonchev–Trinajstić information content (AvgIpc) is 3.28. The first-order valence-corrected chi connectivity index (χ1v) is 9.17. The van der Waals surface area contributed by atoms with Gasteiger partial charge in [-0.3, -0.25) is 14.4 Å². The fourth-order valence-electron chi connectivity index (χ4n) is 3.68. The van der Waals surface area contributed by atoms with E-state index in [1.807, 2.05) is 0 Å². The van der Waals surface area contributed by atoms with Gasteiger partial charge in [0.05, 0.1) is 5.92 Å². The van der Waals surface area contributed by atoms with Crippen molar-refractivity contribution in [3.05, 3.63) is 30.1 Å². The molecular weight excluding hydrogens is 369 g/mol. The van der Waals surface area contributed by atoms with Crippen LogP contribution in [0.15, 0.2) is 24.3 Å². The van der Waals surface area contributed by atoms with Gasteiger partial charge in [0.25, 0.3) is 0 Å². The van der Waals surface area contributed by atoms with E-state index in [4.69, 9.17) is 0 Å². The number of carboxylic acids is 1. The van der Waals surface area contributed by atoms with E-state index in [2.05, 4.69) is 5.32 Å². The van der Waals surface area contributed by atoms with Gasteiger partial charge in [0, 0.05) is 25.2 Å². The zero-order valence-corrected chi connectivity index (χ0v) is 15.4. The van der Waals surface area contributed by atoms with E-state index in [1.54, 1.807) is 0 Å². The largest absolute Gasteiger partial charge is 0.480 e. The number of rotatable bonds is 5. The number of benzene rings is 1. The monoisotopic (exact) mass is 391 g/mol. The van der Waals surface area contributed by atoms with Gasteiger partial charge in [0.15, 0.2) is 0 Å². The first-order chi connectivity index (χ1) is 13.3. The molecule has 1 aromatic rings. The molecule has 2 N–H and O–H groups in total. The summed E-state index contributed by atoms with van der Waals surface area (Å²) in [5.41, 5.74) is 0.507. The van der Waals surface area contributed by atoms with Crippen molar-refractivity contribution in [1.82, 2.24) is 10.2 Å². The Morgan fingerprint density at radius 3 is 2.57 bits per heavy atom. The Hall–Kier alpha value is -2.97. The minimum Gasteiger partial charge on any atom is -0.480 e. The Labute approximate surface area is 161 Å². The van der Waals surface area contributed by atoms with Gasteiger partial charge >= 0.3 is 5.97 Å². The molecule has 3 atom stereocenters. The summed E-state index contributed by atoms with van der Waals surface area (Å²) in [6, 6.07) is 3.67. The number of carbonyl (C=O) groups is 4. The molecule has 0 saturated carbocycles. The first-order valence-electron chi connectivity index (χ1n) is 9.17. The van der Waals surface area contributed by atoms with Crippen LogP contribution in [-0.4, -0.2) is 58.9 Å².